The van der Waals surface area contributed by atoms with Gasteiger partial charge in [0.1, 0.15) is 5.82 Å². The van der Waals surface area contributed by atoms with Crippen LogP contribution in [0.25, 0.3) is 0 Å². The minimum atomic E-state index is -3.86. The van der Waals surface area contributed by atoms with Crippen molar-refractivity contribution in [2.24, 2.45) is 0 Å². The summed E-state index contributed by atoms with van der Waals surface area (Å²) in [7, 11) is -3.86. The first-order valence-corrected chi connectivity index (χ1v) is 10.8. The Morgan fingerprint density at radius 3 is 2.48 bits per heavy atom. The third kappa shape index (κ3) is 5.91. The molecule has 3 rings (SSSR count). The molecule has 2 aromatic rings. The summed E-state index contributed by atoms with van der Waals surface area (Å²) in [6.45, 7) is 4.26. The summed E-state index contributed by atoms with van der Waals surface area (Å²) in [5.74, 6) is -0.625. The predicted molar refractivity (Wildman–Crippen MR) is 109 cm³/mol. The van der Waals surface area contributed by atoms with E-state index in [1.165, 1.54) is 25.1 Å². The molecule has 1 saturated heterocycles. The van der Waals surface area contributed by atoms with Crippen molar-refractivity contribution in [3.63, 3.8) is 0 Å². The summed E-state index contributed by atoms with van der Waals surface area (Å²) in [5, 5.41) is 2.69. The van der Waals surface area contributed by atoms with Crippen LogP contribution in [0.2, 0.25) is 0 Å². The van der Waals surface area contributed by atoms with E-state index in [1.54, 1.807) is 18.2 Å². The minimum Gasteiger partial charge on any atom is -0.378 e. The van der Waals surface area contributed by atoms with Crippen molar-refractivity contribution >= 4 is 27.3 Å². The molecule has 0 saturated carbocycles. The summed E-state index contributed by atoms with van der Waals surface area (Å²) in [6.07, 6.45) is 0.597. The van der Waals surface area contributed by atoms with E-state index in [0.717, 1.165) is 11.6 Å². The van der Waals surface area contributed by atoms with E-state index in [2.05, 4.69) is 10.0 Å². The molecular formula is C20H24FN3O4S. The highest BCUT2D eigenvalue weighted by atomic mass is 32.2. The van der Waals surface area contributed by atoms with Crippen LogP contribution >= 0.6 is 0 Å². The summed E-state index contributed by atoms with van der Waals surface area (Å²) in [4.78, 5) is 12.9. The van der Waals surface area contributed by atoms with Gasteiger partial charge in [0, 0.05) is 32.2 Å². The number of morpholine rings is 1. The van der Waals surface area contributed by atoms with Crippen molar-refractivity contribution in [2.75, 3.05) is 42.5 Å². The fraction of sp³-hybridized carbons (Fsp3) is 0.350. The van der Waals surface area contributed by atoms with Gasteiger partial charge in [0.25, 0.3) is 10.0 Å². The average molecular weight is 421 g/mol. The highest BCUT2D eigenvalue weighted by Crippen LogP contribution is 2.25. The van der Waals surface area contributed by atoms with E-state index < -0.39 is 15.8 Å². The van der Waals surface area contributed by atoms with Crippen LogP contribution in [0.15, 0.2) is 47.4 Å². The van der Waals surface area contributed by atoms with Gasteiger partial charge in [0.15, 0.2) is 0 Å². The first-order chi connectivity index (χ1) is 13.8. The number of ether oxygens (including phenoxy) is 1. The summed E-state index contributed by atoms with van der Waals surface area (Å²) >= 11 is 0. The monoisotopic (exact) mass is 421 g/mol. The number of hydrogen-bond donors (Lipinski definition) is 2. The first-order valence-electron chi connectivity index (χ1n) is 9.33. The molecule has 0 bridgehead atoms. The molecule has 0 unspecified atom stereocenters. The molecule has 9 heteroatoms. The molecule has 1 amide bonds. The van der Waals surface area contributed by atoms with Crippen LogP contribution < -0.4 is 14.9 Å². The molecule has 29 heavy (non-hydrogen) atoms. The van der Waals surface area contributed by atoms with Crippen molar-refractivity contribution in [2.45, 2.75) is 18.2 Å². The third-order valence-electron chi connectivity index (χ3n) is 4.53. The lowest BCUT2D eigenvalue weighted by Gasteiger charge is -2.29. The lowest BCUT2D eigenvalue weighted by atomic mass is 10.1. The maximum absolute atomic E-state index is 14.1. The van der Waals surface area contributed by atoms with E-state index in [9.17, 15) is 17.6 Å². The number of benzene rings is 2. The van der Waals surface area contributed by atoms with Gasteiger partial charge in [-0.15, -0.1) is 0 Å². The predicted octanol–water partition coefficient (Wildman–Crippen LogP) is 2.14. The maximum Gasteiger partial charge on any atom is 0.261 e. The molecule has 7 nitrogen and oxygen atoms in total. The van der Waals surface area contributed by atoms with Gasteiger partial charge in [-0.2, -0.15) is 0 Å². The van der Waals surface area contributed by atoms with Crippen LogP contribution in [-0.4, -0.2) is 47.2 Å². The smallest absolute Gasteiger partial charge is 0.261 e. The molecule has 0 aromatic heterocycles. The van der Waals surface area contributed by atoms with Crippen LogP contribution in [0.5, 0.6) is 0 Å². The second kappa shape index (κ2) is 9.23. The second-order valence-electron chi connectivity index (χ2n) is 6.78. The van der Waals surface area contributed by atoms with Gasteiger partial charge in [0.05, 0.1) is 23.8 Å². The molecule has 1 fully saturated rings. The summed E-state index contributed by atoms with van der Waals surface area (Å²) in [5.41, 5.74) is 1.68. The number of amides is 1. The Morgan fingerprint density at radius 1 is 1.14 bits per heavy atom. The van der Waals surface area contributed by atoms with Gasteiger partial charge >= 0.3 is 0 Å². The Balaban J connectivity index is 1.71. The van der Waals surface area contributed by atoms with Gasteiger partial charge in [-0.1, -0.05) is 12.1 Å². The van der Waals surface area contributed by atoms with E-state index >= 15 is 0 Å². The Bertz CT molecular complexity index is 958. The van der Waals surface area contributed by atoms with Crippen molar-refractivity contribution in [3.8, 4) is 0 Å². The van der Waals surface area contributed by atoms with Crippen molar-refractivity contribution in [3.05, 3.63) is 53.8 Å². The third-order valence-corrected chi connectivity index (χ3v) is 5.93. The SMILES string of the molecule is CC(=O)NCCc1ccc(S(=O)(=O)Nc2cc(F)cc(N3CCOCC3)c2)cc1. The number of rotatable bonds is 7. The topological polar surface area (TPSA) is 87.7 Å². The van der Waals surface area contributed by atoms with Crippen molar-refractivity contribution in [1.29, 1.82) is 0 Å². The molecule has 0 radical (unpaired) electrons. The number of carbonyl (C=O) groups is 1. The maximum atomic E-state index is 14.1. The lowest BCUT2D eigenvalue weighted by molar-refractivity contribution is -0.118. The van der Waals surface area contributed by atoms with Crippen LogP contribution in [0.1, 0.15) is 12.5 Å². The Labute approximate surface area is 169 Å². The Morgan fingerprint density at radius 2 is 1.83 bits per heavy atom. The highest BCUT2D eigenvalue weighted by Gasteiger charge is 2.17. The van der Waals surface area contributed by atoms with Gasteiger partial charge in [0.2, 0.25) is 5.91 Å². The second-order valence-corrected chi connectivity index (χ2v) is 8.46. The van der Waals surface area contributed by atoms with Gasteiger partial charge < -0.3 is 15.0 Å². The molecule has 1 aliphatic heterocycles. The van der Waals surface area contributed by atoms with Crippen LogP contribution in [0.3, 0.4) is 0 Å². The lowest BCUT2D eigenvalue weighted by Crippen LogP contribution is -2.36. The Kier molecular flexibility index (Phi) is 6.71. The van der Waals surface area contributed by atoms with E-state index in [0.29, 0.717) is 45.0 Å². The molecule has 0 aliphatic carbocycles. The molecule has 0 atom stereocenters. The number of halogens is 1. The molecule has 156 valence electrons. The molecule has 0 spiro atoms. The number of nitrogens with one attached hydrogen (secondary N) is 2. The number of carbonyl (C=O) groups excluding carboxylic acids is 1. The quantitative estimate of drug-likeness (QED) is 0.715. The zero-order chi connectivity index (χ0) is 20.9. The Hall–Kier alpha value is -2.65. The van der Waals surface area contributed by atoms with E-state index in [-0.39, 0.29) is 16.5 Å². The van der Waals surface area contributed by atoms with Crippen molar-refractivity contribution < 1.29 is 22.3 Å². The fourth-order valence-corrected chi connectivity index (χ4v) is 4.11. The van der Waals surface area contributed by atoms with E-state index in [1.807, 2.05) is 4.90 Å². The summed E-state index contributed by atoms with van der Waals surface area (Å²) in [6, 6.07) is 10.5. The highest BCUT2D eigenvalue weighted by molar-refractivity contribution is 7.92. The summed E-state index contributed by atoms with van der Waals surface area (Å²) < 4.78 is 47.2. The average Bonchev–Trinajstić information content (AvgIpc) is 2.68. The fourth-order valence-electron chi connectivity index (χ4n) is 3.07. The normalized spacial score (nSPS) is 14.5. The molecular weight excluding hydrogens is 397 g/mol. The van der Waals surface area contributed by atoms with Crippen LogP contribution in [0, 0.1) is 5.82 Å². The first kappa shape index (κ1) is 21.1. The van der Waals surface area contributed by atoms with Gasteiger partial charge in [-0.3, -0.25) is 9.52 Å². The minimum absolute atomic E-state index is 0.0814. The number of sulfonamides is 1. The van der Waals surface area contributed by atoms with Gasteiger partial charge in [-0.05, 0) is 42.3 Å². The zero-order valence-corrected chi connectivity index (χ0v) is 17.0. The number of nitrogens with zero attached hydrogens (tertiary/aromatic N) is 1. The molecule has 1 heterocycles. The molecule has 2 N–H and O–H groups in total. The van der Waals surface area contributed by atoms with E-state index in [4.69, 9.17) is 4.74 Å². The largest absolute Gasteiger partial charge is 0.378 e. The number of hydrogen-bond acceptors (Lipinski definition) is 5. The van der Waals surface area contributed by atoms with Crippen LogP contribution in [-0.2, 0) is 26.0 Å². The van der Waals surface area contributed by atoms with Crippen LogP contribution in [0.4, 0.5) is 15.8 Å². The standard InChI is InChI=1S/C20H24FN3O4S/c1-15(25)22-7-6-16-2-4-20(5-3-16)29(26,27)23-18-12-17(21)13-19(14-18)24-8-10-28-11-9-24/h2-5,12-14,23H,6-11H2,1H3,(H,22,25). The molecule has 2 aromatic carbocycles. The van der Waals surface area contributed by atoms with Gasteiger partial charge in [-0.25, -0.2) is 12.8 Å². The number of anilines is 2. The molecule has 1 aliphatic rings. The zero-order valence-electron chi connectivity index (χ0n) is 16.2. The van der Waals surface area contributed by atoms with Crippen molar-refractivity contribution in [1.82, 2.24) is 5.32 Å².